The molecule has 1 amide bonds. The molecule has 0 aliphatic heterocycles. The van der Waals surface area contributed by atoms with E-state index in [0.717, 1.165) is 12.8 Å². The van der Waals surface area contributed by atoms with Crippen LogP contribution in [0.1, 0.15) is 40.5 Å². The molecule has 0 bridgehead atoms. The van der Waals surface area contributed by atoms with Gasteiger partial charge in [0.05, 0.1) is 12.7 Å². The number of carbonyl (C=O) groups is 1. The predicted octanol–water partition coefficient (Wildman–Crippen LogP) is 1.98. The fraction of sp³-hybridized carbons (Fsp3) is 0.923. The maximum absolute atomic E-state index is 12.0. The Morgan fingerprint density at radius 3 is 2.47 bits per heavy atom. The number of methoxy groups -OCH3 is 1. The Morgan fingerprint density at radius 1 is 1.35 bits per heavy atom. The summed E-state index contributed by atoms with van der Waals surface area (Å²) in [7, 11) is 1.66. The van der Waals surface area contributed by atoms with Gasteiger partial charge in [0.1, 0.15) is 0 Å². The van der Waals surface area contributed by atoms with E-state index in [4.69, 9.17) is 9.47 Å². The zero-order valence-electron chi connectivity index (χ0n) is 11.8. The standard InChI is InChI=1S/C13H27NO3/c1-6-13(4,7-9-16-5)12(15)14-8-10-17-11(2)3/h11H,6-10H2,1-5H3,(H,14,15). The molecule has 0 aromatic heterocycles. The predicted molar refractivity (Wildman–Crippen MR) is 69.0 cm³/mol. The second kappa shape index (κ2) is 8.48. The fourth-order valence-corrected chi connectivity index (χ4v) is 1.45. The lowest BCUT2D eigenvalue weighted by molar-refractivity contribution is -0.131. The minimum Gasteiger partial charge on any atom is -0.385 e. The van der Waals surface area contributed by atoms with Crippen LogP contribution in [0.4, 0.5) is 0 Å². The van der Waals surface area contributed by atoms with Crippen molar-refractivity contribution < 1.29 is 14.3 Å². The van der Waals surface area contributed by atoms with Gasteiger partial charge in [-0.2, -0.15) is 0 Å². The van der Waals surface area contributed by atoms with Crippen LogP contribution in [0.25, 0.3) is 0 Å². The first-order chi connectivity index (χ1) is 7.96. The van der Waals surface area contributed by atoms with Crippen LogP contribution in [0, 0.1) is 5.41 Å². The third kappa shape index (κ3) is 6.64. The Morgan fingerprint density at radius 2 is 2.00 bits per heavy atom. The summed E-state index contributed by atoms with van der Waals surface area (Å²) in [5, 5.41) is 2.92. The van der Waals surface area contributed by atoms with Crippen molar-refractivity contribution in [1.29, 1.82) is 0 Å². The summed E-state index contributed by atoms with van der Waals surface area (Å²) in [6.07, 6.45) is 1.77. The van der Waals surface area contributed by atoms with Crippen molar-refractivity contribution >= 4 is 5.91 Å². The molecule has 0 aliphatic rings. The number of hydrogen-bond acceptors (Lipinski definition) is 3. The molecule has 0 aliphatic carbocycles. The van der Waals surface area contributed by atoms with Gasteiger partial charge in [0, 0.05) is 25.7 Å². The highest BCUT2D eigenvalue weighted by Crippen LogP contribution is 2.25. The highest BCUT2D eigenvalue weighted by atomic mass is 16.5. The molecule has 17 heavy (non-hydrogen) atoms. The average Bonchev–Trinajstić information content (AvgIpc) is 2.31. The number of hydrogen-bond donors (Lipinski definition) is 1. The van der Waals surface area contributed by atoms with Crippen LogP contribution in [-0.4, -0.2) is 38.9 Å². The maximum Gasteiger partial charge on any atom is 0.226 e. The van der Waals surface area contributed by atoms with Gasteiger partial charge in [-0.15, -0.1) is 0 Å². The Hall–Kier alpha value is -0.610. The van der Waals surface area contributed by atoms with Crippen LogP contribution in [0.15, 0.2) is 0 Å². The minimum absolute atomic E-state index is 0.0874. The van der Waals surface area contributed by atoms with E-state index in [0.29, 0.717) is 19.8 Å². The Bertz CT molecular complexity index is 219. The lowest BCUT2D eigenvalue weighted by atomic mass is 9.83. The zero-order chi connectivity index (χ0) is 13.3. The smallest absolute Gasteiger partial charge is 0.226 e. The van der Waals surface area contributed by atoms with Crippen LogP contribution >= 0.6 is 0 Å². The quantitative estimate of drug-likeness (QED) is 0.632. The van der Waals surface area contributed by atoms with Gasteiger partial charge in [-0.25, -0.2) is 0 Å². The van der Waals surface area contributed by atoms with E-state index in [-0.39, 0.29) is 17.4 Å². The SMILES string of the molecule is CCC(C)(CCOC)C(=O)NCCOC(C)C. The van der Waals surface area contributed by atoms with E-state index < -0.39 is 0 Å². The highest BCUT2D eigenvalue weighted by Gasteiger charge is 2.30. The van der Waals surface area contributed by atoms with E-state index in [1.165, 1.54) is 0 Å². The summed E-state index contributed by atoms with van der Waals surface area (Å²) in [6, 6.07) is 0. The molecule has 1 atom stereocenters. The molecule has 0 rings (SSSR count). The van der Waals surface area contributed by atoms with Gasteiger partial charge in [0.2, 0.25) is 5.91 Å². The molecule has 1 unspecified atom stereocenters. The monoisotopic (exact) mass is 245 g/mol. The van der Waals surface area contributed by atoms with Gasteiger partial charge < -0.3 is 14.8 Å². The summed E-state index contributed by atoms with van der Waals surface area (Å²) < 4.78 is 10.4. The molecule has 0 heterocycles. The van der Waals surface area contributed by atoms with Crippen molar-refractivity contribution in [2.75, 3.05) is 26.9 Å². The molecular formula is C13H27NO3. The Balaban J connectivity index is 3.98. The fourth-order valence-electron chi connectivity index (χ4n) is 1.45. The van der Waals surface area contributed by atoms with Crippen molar-refractivity contribution in [3.05, 3.63) is 0 Å². The summed E-state index contributed by atoms with van der Waals surface area (Å²) >= 11 is 0. The summed E-state index contributed by atoms with van der Waals surface area (Å²) in [5.41, 5.74) is -0.339. The van der Waals surface area contributed by atoms with Crippen LogP contribution < -0.4 is 5.32 Å². The molecular weight excluding hydrogens is 218 g/mol. The van der Waals surface area contributed by atoms with Crippen molar-refractivity contribution in [1.82, 2.24) is 5.32 Å². The minimum atomic E-state index is -0.339. The first kappa shape index (κ1) is 16.4. The third-order valence-electron chi connectivity index (χ3n) is 3.03. The Kier molecular flexibility index (Phi) is 8.17. The van der Waals surface area contributed by atoms with E-state index in [1.54, 1.807) is 7.11 Å². The van der Waals surface area contributed by atoms with Gasteiger partial charge in [0.25, 0.3) is 0 Å². The summed E-state index contributed by atoms with van der Waals surface area (Å²) in [5.74, 6) is 0.0874. The van der Waals surface area contributed by atoms with Crippen molar-refractivity contribution in [2.45, 2.75) is 46.6 Å². The molecule has 4 heteroatoms. The molecule has 0 saturated carbocycles. The van der Waals surface area contributed by atoms with E-state index >= 15 is 0 Å². The van der Waals surface area contributed by atoms with Crippen LogP contribution in [0.2, 0.25) is 0 Å². The van der Waals surface area contributed by atoms with Crippen molar-refractivity contribution in [3.63, 3.8) is 0 Å². The molecule has 0 aromatic rings. The largest absolute Gasteiger partial charge is 0.385 e. The molecule has 0 spiro atoms. The van der Waals surface area contributed by atoms with Gasteiger partial charge in [-0.05, 0) is 26.7 Å². The molecule has 0 saturated heterocycles. The number of carbonyl (C=O) groups excluding carboxylic acids is 1. The molecule has 1 N–H and O–H groups in total. The first-order valence-corrected chi connectivity index (χ1v) is 6.35. The number of ether oxygens (including phenoxy) is 2. The maximum atomic E-state index is 12.0. The van der Waals surface area contributed by atoms with Gasteiger partial charge in [-0.3, -0.25) is 4.79 Å². The summed E-state index contributed by atoms with van der Waals surface area (Å²) in [4.78, 5) is 12.0. The van der Waals surface area contributed by atoms with E-state index in [2.05, 4.69) is 5.32 Å². The number of rotatable bonds is 9. The molecule has 0 radical (unpaired) electrons. The van der Waals surface area contributed by atoms with Gasteiger partial charge >= 0.3 is 0 Å². The number of amides is 1. The second-order valence-electron chi connectivity index (χ2n) is 4.83. The normalized spacial score (nSPS) is 14.7. The van der Waals surface area contributed by atoms with Gasteiger partial charge in [-0.1, -0.05) is 13.8 Å². The third-order valence-corrected chi connectivity index (χ3v) is 3.03. The van der Waals surface area contributed by atoms with E-state index in [1.807, 2.05) is 27.7 Å². The van der Waals surface area contributed by atoms with Crippen molar-refractivity contribution in [3.8, 4) is 0 Å². The molecule has 0 fully saturated rings. The van der Waals surface area contributed by atoms with Crippen molar-refractivity contribution in [2.24, 2.45) is 5.41 Å². The lowest BCUT2D eigenvalue weighted by Gasteiger charge is -2.26. The van der Waals surface area contributed by atoms with Gasteiger partial charge in [0.15, 0.2) is 0 Å². The average molecular weight is 245 g/mol. The molecule has 4 nitrogen and oxygen atoms in total. The zero-order valence-corrected chi connectivity index (χ0v) is 11.8. The van der Waals surface area contributed by atoms with E-state index in [9.17, 15) is 4.79 Å². The van der Waals surface area contributed by atoms with Crippen LogP contribution in [0.3, 0.4) is 0 Å². The van der Waals surface area contributed by atoms with Crippen LogP contribution in [0.5, 0.6) is 0 Å². The van der Waals surface area contributed by atoms with Crippen LogP contribution in [-0.2, 0) is 14.3 Å². The highest BCUT2D eigenvalue weighted by molar-refractivity contribution is 5.82. The first-order valence-electron chi connectivity index (χ1n) is 6.35. The molecule has 0 aromatic carbocycles. The molecule has 102 valence electrons. The number of nitrogens with one attached hydrogen (secondary N) is 1. The second-order valence-corrected chi connectivity index (χ2v) is 4.83. The summed E-state index contributed by atoms with van der Waals surface area (Å²) in [6.45, 7) is 9.71. The lowest BCUT2D eigenvalue weighted by Crippen LogP contribution is -2.40. The Labute approximate surface area is 105 Å². The topological polar surface area (TPSA) is 47.6 Å².